The van der Waals surface area contributed by atoms with E-state index in [9.17, 15) is 9.59 Å². The molecule has 24 heavy (non-hydrogen) atoms. The van der Waals surface area contributed by atoms with Crippen molar-refractivity contribution in [2.24, 2.45) is 5.92 Å². The maximum atomic E-state index is 12.7. The monoisotopic (exact) mass is 345 g/mol. The summed E-state index contributed by atoms with van der Waals surface area (Å²) in [5.41, 5.74) is 1.64. The first-order valence-electron chi connectivity index (χ1n) is 7.63. The van der Waals surface area contributed by atoms with Crippen LogP contribution in [0.15, 0.2) is 29.6 Å². The number of ether oxygens (including phenoxy) is 1. The zero-order valence-electron chi connectivity index (χ0n) is 13.9. The zero-order chi connectivity index (χ0) is 17.3. The Kier molecular flexibility index (Phi) is 4.53. The fraction of sp³-hybridized carbons (Fsp3) is 0.353. The van der Waals surface area contributed by atoms with E-state index < -0.39 is 0 Å². The molecule has 1 aliphatic rings. The molecule has 0 radical (unpaired) electrons. The molecule has 0 saturated carbocycles. The number of rotatable bonds is 4. The van der Waals surface area contributed by atoms with Gasteiger partial charge in [0.05, 0.1) is 18.7 Å². The van der Waals surface area contributed by atoms with Gasteiger partial charge in [-0.05, 0) is 19.1 Å². The number of carbonyl (C=O) groups excluding carboxylic acids is 2. The lowest BCUT2D eigenvalue weighted by molar-refractivity contribution is -0.124. The number of hydrogen-bond donors (Lipinski definition) is 0. The van der Waals surface area contributed by atoms with E-state index in [0.717, 1.165) is 11.4 Å². The maximum absolute atomic E-state index is 12.7. The number of carbonyl (C=O) groups is 2. The van der Waals surface area contributed by atoms with Crippen LogP contribution in [0.2, 0.25) is 0 Å². The summed E-state index contributed by atoms with van der Waals surface area (Å²) in [5.74, 6) is 0.191. The van der Waals surface area contributed by atoms with Crippen LogP contribution in [-0.4, -0.2) is 37.5 Å². The molecule has 1 aliphatic heterocycles. The first kappa shape index (κ1) is 16.4. The van der Waals surface area contributed by atoms with Crippen LogP contribution < -0.4 is 14.5 Å². The minimum Gasteiger partial charge on any atom is -0.497 e. The van der Waals surface area contributed by atoms with Crippen LogP contribution in [-0.2, 0) is 9.59 Å². The molecule has 126 valence electrons. The first-order chi connectivity index (χ1) is 11.5. The Morgan fingerprint density at radius 2 is 2.25 bits per heavy atom. The average molecular weight is 345 g/mol. The van der Waals surface area contributed by atoms with Gasteiger partial charge in [0, 0.05) is 37.1 Å². The fourth-order valence-electron chi connectivity index (χ4n) is 2.76. The number of hydrogen-bond acceptors (Lipinski definition) is 5. The lowest BCUT2D eigenvalue weighted by Gasteiger charge is -2.20. The first-order valence-corrected chi connectivity index (χ1v) is 8.51. The highest BCUT2D eigenvalue weighted by molar-refractivity contribution is 7.14. The Balaban J connectivity index is 1.75. The van der Waals surface area contributed by atoms with Crippen molar-refractivity contribution in [1.82, 2.24) is 4.98 Å². The van der Waals surface area contributed by atoms with Gasteiger partial charge in [-0.25, -0.2) is 4.98 Å². The predicted molar refractivity (Wildman–Crippen MR) is 93.7 cm³/mol. The van der Waals surface area contributed by atoms with Crippen LogP contribution in [0.1, 0.15) is 12.1 Å². The largest absolute Gasteiger partial charge is 0.497 e. The summed E-state index contributed by atoms with van der Waals surface area (Å²) in [5, 5.41) is 2.56. The third-order valence-electron chi connectivity index (χ3n) is 4.06. The summed E-state index contributed by atoms with van der Waals surface area (Å²) in [6.07, 6.45) is 0.213. The van der Waals surface area contributed by atoms with Crippen LogP contribution >= 0.6 is 11.3 Å². The van der Waals surface area contributed by atoms with Gasteiger partial charge >= 0.3 is 0 Å². The van der Waals surface area contributed by atoms with Crippen molar-refractivity contribution in [1.29, 1.82) is 0 Å². The molecular formula is C17H19N3O3S. The molecule has 1 atom stereocenters. The van der Waals surface area contributed by atoms with Gasteiger partial charge in [0.1, 0.15) is 5.75 Å². The van der Waals surface area contributed by atoms with E-state index in [4.69, 9.17) is 4.74 Å². The molecule has 0 N–H and O–H groups in total. The third kappa shape index (κ3) is 3.12. The van der Waals surface area contributed by atoms with Gasteiger partial charge in [0.25, 0.3) is 0 Å². The maximum Gasteiger partial charge on any atom is 0.233 e. The minimum absolute atomic E-state index is 0.0506. The van der Waals surface area contributed by atoms with Crippen LogP contribution in [0.5, 0.6) is 5.75 Å². The standard InChI is InChI=1S/C17H19N3O3S/c1-11-10-24-17(18-11)19(2)16(22)12-7-15(21)20(9-12)13-5-4-6-14(8-13)23-3/h4-6,8,10,12H,7,9H2,1-3H3/t12-/m0/s1. The number of aryl methyl sites for hydroxylation is 1. The van der Waals surface area contributed by atoms with Gasteiger partial charge in [-0.1, -0.05) is 6.07 Å². The Bertz CT molecular complexity index is 774. The molecule has 6 nitrogen and oxygen atoms in total. The molecule has 0 aliphatic carbocycles. The molecular weight excluding hydrogens is 326 g/mol. The van der Waals surface area contributed by atoms with Crippen molar-refractivity contribution in [3.05, 3.63) is 35.3 Å². The molecule has 2 aromatic rings. The van der Waals surface area contributed by atoms with Gasteiger partial charge < -0.3 is 9.64 Å². The normalized spacial score (nSPS) is 17.2. The highest BCUT2D eigenvalue weighted by atomic mass is 32.1. The summed E-state index contributed by atoms with van der Waals surface area (Å²) in [6.45, 7) is 2.27. The van der Waals surface area contributed by atoms with Gasteiger partial charge in [-0.3, -0.25) is 14.5 Å². The van der Waals surface area contributed by atoms with Gasteiger partial charge in [-0.2, -0.15) is 0 Å². The number of anilines is 2. The van der Waals surface area contributed by atoms with E-state index in [2.05, 4.69) is 4.98 Å². The van der Waals surface area contributed by atoms with Crippen LogP contribution in [0, 0.1) is 12.8 Å². The Morgan fingerprint density at radius 3 is 2.92 bits per heavy atom. The summed E-state index contributed by atoms with van der Waals surface area (Å²) >= 11 is 1.43. The Hall–Kier alpha value is -2.41. The van der Waals surface area contributed by atoms with Crippen molar-refractivity contribution in [3.63, 3.8) is 0 Å². The van der Waals surface area contributed by atoms with Crippen LogP contribution in [0.3, 0.4) is 0 Å². The van der Waals surface area contributed by atoms with E-state index in [1.165, 1.54) is 11.3 Å². The van der Waals surface area contributed by atoms with Crippen LogP contribution in [0.25, 0.3) is 0 Å². The summed E-state index contributed by atoms with van der Waals surface area (Å²) in [4.78, 5) is 32.6. The number of amides is 2. The third-order valence-corrected chi connectivity index (χ3v) is 5.10. The van der Waals surface area contributed by atoms with Crippen molar-refractivity contribution in [2.45, 2.75) is 13.3 Å². The molecule has 2 amide bonds. The van der Waals surface area contributed by atoms with Crippen molar-refractivity contribution >= 4 is 34.0 Å². The van der Waals surface area contributed by atoms with Gasteiger partial charge in [0.2, 0.25) is 11.8 Å². The minimum atomic E-state index is -0.363. The molecule has 0 bridgehead atoms. The van der Waals surface area contributed by atoms with E-state index in [1.807, 2.05) is 30.5 Å². The van der Waals surface area contributed by atoms with E-state index in [1.54, 1.807) is 30.0 Å². The number of aromatic nitrogens is 1. The summed E-state index contributed by atoms with van der Waals surface area (Å²) in [6, 6.07) is 7.31. The molecule has 7 heteroatoms. The molecule has 1 fully saturated rings. The summed E-state index contributed by atoms with van der Waals surface area (Å²) < 4.78 is 5.20. The Labute approximate surface area is 144 Å². The second-order valence-electron chi connectivity index (χ2n) is 5.78. The number of benzene rings is 1. The van der Waals surface area contributed by atoms with Crippen molar-refractivity contribution in [2.75, 3.05) is 30.5 Å². The predicted octanol–water partition coefficient (Wildman–Crippen LogP) is 2.48. The molecule has 1 aromatic heterocycles. The number of methoxy groups -OCH3 is 1. The molecule has 0 unspecified atom stereocenters. The lowest BCUT2D eigenvalue weighted by Crippen LogP contribution is -2.34. The lowest BCUT2D eigenvalue weighted by atomic mass is 10.1. The zero-order valence-corrected chi connectivity index (χ0v) is 14.7. The highest BCUT2D eigenvalue weighted by Gasteiger charge is 2.37. The quantitative estimate of drug-likeness (QED) is 0.854. The molecule has 2 heterocycles. The number of nitrogens with zero attached hydrogens (tertiary/aromatic N) is 3. The van der Waals surface area contributed by atoms with E-state index >= 15 is 0 Å². The molecule has 1 saturated heterocycles. The molecule has 3 rings (SSSR count). The van der Waals surface area contributed by atoms with Gasteiger partial charge in [-0.15, -0.1) is 11.3 Å². The highest BCUT2D eigenvalue weighted by Crippen LogP contribution is 2.30. The number of thiazole rings is 1. The van der Waals surface area contributed by atoms with E-state index in [0.29, 0.717) is 17.4 Å². The molecule has 0 spiro atoms. The Morgan fingerprint density at radius 1 is 1.46 bits per heavy atom. The summed E-state index contributed by atoms with van der Waals surface area (Å²) in [7, 11) is 3.29. The topological polar surface area (TPSA) is 62.7 Å². The van der Waals surface area contributed by atoms with Crippen molar-refractivity contribution in [3.8, 4) is 5.75 Å². The second-order valence-corrected chi connectivity index (χ2v) is 6.61. The SMILES string of the molecule is COc1cccc(N2C[C@@H](C(=O)N(C)c3nc(C)cs3)CC2=O)c1. The van der Waals surface area contributed by atoms with Crippen molar-refractivity contribution < 1.29 is 14.3 Å². The molecule has 1 aromatic carbocycles. The smallest absolute Gasteiger partial charge is 0.233 e. The average Bonchev–Trinajstić information content (AvgIpc) is 3.19. The van der Waals surface area contributed by atoms with Gasteiger partial charge in [0.15, 0.2) is 5.13 Å². The van der Waals surface area contributed by atoms with E-state index in [-0.39, 0.29) is 24.2 Å². The van der Waals surface area contributed by atoms with Crippen LogP contribution in [0.4, 0.5) is 10.8 Å². The second kappa shape index (κ2) is 6.60. The fourth-order valence-corrected chi connectivity index (χ4v) is 3.54.